The van der Waals surface area contributed by atoms with Gasteiger partial charge in [-0.3, -0.25) is 9.11 Å². The van der Waals surface area contributed by atoms with Crippen LogP contribution in [0.3, 0.4) is 0 Å². The van der Waals surface area contributed by atoms with Gasteiger partial charge in [-0.05, 0) is 41.8 Å². The summed E-state index contributed by atoms with van der Waals surface area (Å²) in [6, 6.07) is 8.30. The van der Waals surface area contributed by atoms with Gasteiger partial charge in [-0.15, -0.1) is 0 Å². The minimum atomic E-state index is -4.50. The fourth-order valence-corrected chi connectivity index (χ4v) is 3.58. The molecule has 0 heterocycles. The Kier molecular flexibility index (Phi) is 4.81. The van der Waals surface area contributed by atoms with Crippen LogP contribution in [0.1, 0.15) is 16.7 Å². The third-order valence-corrected chi connectivity index (χ3v) is 5.02. The van der Waals surface area contributed by atoms with Gasteiger partial charge in [-0.25, -0.2) is 0 Å². The number of nitrogens with two attached hydrogens (primary N) is 1. The van der Waals surface area contributed by atoms with Crippen molar-refractivity contribution in [2.45, 2.75) is 16.7 Å². The van der Waals surface area contributed by atoms with Crippen LogP contribution in [0.25, 0.3) is 12.2 Å². The molecule has 0 radical (unpaired) electrons. The summed E-state index contributed by atoms with van der Waals surface area (Å²) < 4.78 is 64.3. The summed E-state index contributed by atoms with van der Waals surface area (Å²) in [5.74, 6) is 0. The molecule has 0 aliphatic heterocycles. The van der Waals surface area contributed by atoms with Gasteiger partial charge in [0.1, 0.15) is 9.79 Å². The van der Waals surface area contributed by atoms with Crippen molar-refractivity contribution in [2.24, 2.45) is 0 Å². The van der Waals surface area contributed by atoms with Gasteiger partial charge in [-0.2, -0.15) is 16.8 Å². The van der Waals surface area contributed by atoms with E-state index < -0.39 is 25.1 Å². The van der Waals surface area contributed by atoms with Crippen molar-refractivity contribution in [2.75, 3.05) is 5.73 Å². The van der Waals surface area contributed by atoms with Gasteiger partial charge < -0.3 is 5.73 Å². The average molecular weight is 369 g/mol. The number of nitrogen functional groups attached to an aromatic ring is 1. The van der Waals surface area contributed by atoms with E-state index in [4.69, 9.17) is 5.73 Å². The number of rotatable bonds is 4. The minimum Gasteiger partial charge on any atom is -0.399 e. The fourth-order valence-electron chi connectivity index (χ4n) is 2.09. The second-order valence-electron chi connectivity index (χ2n) is 5.12. The van der Waals surface area contributed by atoms with Crippen molar-refractivity contribution in [3.63, 3.8) is 0 Å². The van der Waals surface area contributed by atoms with Crippen LogP contribution in [0, 0.1) is 6.92 Å². The molecule has 2 aromatic rings. The van der Waals surface area contributed by atoms with Gasteiger partial charge in [0.05, 0.1) is 0 Å². The molecule has 0 aliphatic carbocycles. The van der Waals surface area contributed by atoms with Crippen LogP contribution in [-0.4, -0.2) is 25.9 Å². The van der Waals surface area contributed by atoms with Crippen molar-refractivity contribution in [3.8, 4) is 0 Å². The fraction of sp³-hybridized carbons (Fsp3) is 0.0667. The summed E-state index contributed by atoms with van der Waals surface area (Å²) in [5.41, 5.74) is 6.58. The molecule has 2 rings (SSSR count). The van der Waals surface area contributed by atoms with E-state index >= 15 is 0 Å². The van der Waals surface area contributed by atoms with E-state index in [1.54, 1.807) is 13.0 Å². The SMILES string of the molecule is Cc1ccc(/C=C\c2ccc(N)cc2S(=O)(=O)O)c(S(=O)(=O)O)c1. The summed E-state index contributed by atoms with van der Waals surface area (Å²) in [5, 5.41) is 0. The van der Waals surface area contributed by atoms with Gasteiger partial charge >= 0.3 is 0 Å². The van der Waals surface area contributed by atoms with Crippen LogP contribution < -0.4 is 5.73 Å². The van der Waals surface area contributed by atoms with Gasteiger partial charge in [0.2, 0.25) is 0 Å². The van der Waals surface area contributed by atoms with E-state index in [0.29, 0.717) is 5.56 Å². The predicted octanol–water partition coefficient (Wildman–Crippen LogP) is 2.24. The molecule has 0 atom stereocenters. The molecule has 0 saturated heterocycles. The summed E-state index contributed by atoms with van der Waals surface area (Å²) >= 11 is 0. The summed E-state index contributed by atoms with van der Waals surface area (Å²) in [4.78, 5) is -0.707. The molecular formula is C15H15NO6S2. The molecule has 0 unspecified atom stereocenters. The number of anilines is 1. The quantitative estimate of drug-likeness (QED) is 0.427. The standard InChI is InChI=1S/C15H15NO6S2/c1-10-2-3-11(14(8-10)23(17,18)19)4-5-12-6-7-13(16)9-15(12)24(20,21)22/h2-9H,16H2,1H3,(H,17,18,19)(H,20,21,22)/b5-4-. The van der Waals surface area contributed by atoms with Crippen LogP contribution in [-0.2, 0) is 20.2 Å². The zero-order valence-electron chi connectivity index (χ0n) is 12.5. The first-order valence-electron chi connectivity index (χ1n) is 6.62. The first kappa shape index (κ1) is 18.1. The lowest BCUT2D eigenvalue weighted by Gasteiger charge is -2.06. The highest BCUT2D eigenvalue weighted by Gasteiger charge is 2.16. The maximum atomic E-state index is 11.5. The second kappa shape index (κ2) is 6.36. The number of benzene rings is 2. The third kappa shape index (κ3) is 4.20. The van der Waals surface area contributed by atoms with Gasteiger partial charge in [0.15, 0.2) is 0 Å². The largest absolute Gasteiger partial charge is 0.399 e. The van der Waals surface area contributed by atoms with Crippen LogP contribution >= 0.6 is 0 Å². The highest BCUT2D eigenvalue weighted by Crippen LogP contribution is 2.24. The van der Waals surface area contributed by atoms with Crippen molar-refractivity contribution in [1.82, 2.24) is 0 Å². The highest BCUT2D eigenvalue weighted by atomic mass is 32.2. The zero-order chi connectivity index (χ0) is 18.1. The summed E-state index contributed by atoms with van der Waals surface area (Å²) in [7, 11) is -8.95. The molecule has 2 aromatic carbocycles. The minimum absolute atomic E-state index is 0.119. The lowest BCUT2D eigenvalue weighted by Crippen LogP contribution is -2.03. The molecule has 0 fully saturated rings. The maximum Gasteiger partial charge on any atom is 0.295 e. The van der Waals surface area contributed by atoms with E-state index in [1.807, 2.05) is 0 Å². The molecule has 0 amide bonds. The van der Waals surface area contributed by atoms with Gasteiger partial charge in [-0.1, -0.05) is 30.4 Å². The zero-order valence-corrected chi connectivity index (χ0v) is 14.2. The van der Waals surface area contributed by atoms with Crippen molar-refractivity contribution < 1.29 is 25.9 Å². The number of hydrogen-bond acceptors (Lipinski definition) is 5. The molecule has 9 heteroatoms. The van der Waals surface area contributed by atoms with Crippen molar-refractivity contribution in [3.05, 3.63) is 53.1 Å². The molecule has 0 aromatic heterocycles. The Morgan fingerprint density at radius 1 is 0.833 bits per heavy atom. The lowest BCUT2D eigenvalue weighted by atomic mass is 10.1. The first-order valence-corrected chi connectivity index (χ1v) is 9.50. The summed E-state index contributed by atoms with van der Waals surface area (Å²) in [6.45, 7) is 1.67. The van der Waals surface area contributed by atoms with E-state index in [0.717, 1.165) is 6.07 Å². The van der Waals surface area contributed by atoms with Gasteiger partial charge in [0, 0.05) is 5.69 Å². The number of aryl methyl sites for hydroxylation is 1. The smallest absolute Gasteiger partial charge is 0.295 e. The Balaban J connectivity index is 2.59. The molecule has 0 spiro atoms. The predicted molar refractivity (Wildman–Crippen MR) is 90.6 cm³/mol. The normalized spacial score (nSPS) is 12.6. The second-order valence-corrected chi connectivity index (χ2v) is 7.90. The van der Waals surface area contributed by atoms with Gasteiger partial charge in [0.25, 0.3) is 20.2 Å². The topological polar surface area (TPSA) is 135 Å². The Hall–Kier alpha value is -2.20. The molecule has 0 bridgehead atoms. The van der Waals surface area contributed by atoms with Crippen LogP contribution in [0.4, 0.5) is 5.69 Å². The molecular weight excluding hydrogens is 354 g/mol. The van der Waals surface area contributed by atoms with Crippen LogP contribution in [0.15, 0.2) is 46.2 Å². The molecule has 128 valence electrons. The van der Waals surface area contributed by atoms with Crippen LogP contribution in [0.5, 0.6) is 0 Å². The monoisotopic (exact) mass is 369 g/mol. The number of hydrogen-bond donors (Lipinski definition) is 3. The Morgan fingerprint density at radius 2 is 1.29 bits per heavy atom. The molecule has 24 heavy (non-hydrogen) atoms. The van der Waals surface area contributed by atoms with E-state index in [1.165, 1.54) is 36.4 Å². The van der Waals surface area contributed by atoms with Crippen molar-refractivity contribution in [1.29, 1.82) is 0 Å². The maximum absolute atomic E-state index is 11.5. The Labute approximate surface area is 139 Å². The molecule has 0 aliphatic rings. The Bertz CT molecular complexity index is 940. The first-order chi connectivity index (χ1) is 11.0. The van der Waals surface area contributed by atoms with Crippen LogP contribution in [0.2, 0.25) is 0 Å². The van der Waals surface area contributed by atoms with E-state index in [-0.39, 0.29) is 21.7 Å². The van der Waals surface area contributed by atoms with E-state index in [9.17, 15) is 25.9 Å². The molecule has 7 nitrogen and oxygen atoms in total. The molecule has 0 saturated carbocycles. The van der Waals surface area contributed by atoms with E-state index in [2.05, 4.69) is 0 Å². The molecule has 4 N–H and O–H groups in total. The average Bonchev–Trinajstić information content (AvgIpc) is 2.45. The lowest BCUT2D eigenvalue weighted by molar-refractivity contribution is 0.480. The Morgan fingerprint density at radius 3 is 1.79 bits per heavy atom. The third-order valence-electron chi connectivity index (χ3n) is 3.20. The van der Waals surface area contributed by atoms with Crippen molar-refractivity contribution >= 4 is 38.1 Å². The highest BCUT2D eigenvalue weighted by molar-refractivity contribution is 7.86. The summed E-state index contributed by atoms with van der Waals surface area (Å²) in [6.07, 6.45) is 2.63.